The molecule has 0 aliphatic carbocycles. The number of aryl methyl sites for hydroxylation is 1. The van der Waals surface area contributed by atoms with Gasteiger partial charge in [0.05, 0.1) is 17.7 Å². The van der Waals surface area contributed by atoms with Crippen LogP contribution in [0.5, 0.6) is 5.75 Å². The zero-order valence-corrected chi connectivity index (χ0v) is 16.2. The molecule has 1 unspecified atom stereocenters. The van der Waals surface area contributed by atoms with Gasteiger partial charge in [0.2, 0.25) is 0 Å². The minimum absolute atomic E-state index is 0.122. The molecule has 0 amide bonds. The summed E-state index contributed by atoms with van der Waals surface area (Å²) in [5.41, 5.74) is 1.57. The minimum Gasteiger partial charge on any atom is -0.488 e. The third-order valence-corrected chi connectivity index (χ3v) is 4.83. The molecule has 0 bridgehead atoms. The molecule has 5 nitrogen and oxygen atoms in total. The van der Waals surface area contributed by atoms with Crippen molar-refractivity contribution in [3.05, 3.63) is 57.8 Å². The molecule has 2 rings (SSSR count). The molecule has 25 heavy (non-hydrogen) atoms. The lowest BCUT2D eigenvalue weighted by atomic mass is 10.2. The standard InChI is InChI=1S/C17H18BrFN2O3S/c1-12-3-5-14(6-4-12)25(22)21-20-11-13-9-16(19)17(10-15(13)18)24-8-7-23-2/h3-6,9-11,21H,7-8H2,1-2H3/b20-11+. The molecule has 0 heterocycles. The number of methoxy groups -OCH3 is 1. The molecule has 8 heteroatoms. The fraction of sp³-hybridized carbons (Fsp3) is 0.235. The molecule has 0 aliphatic rings. The first kappa shape index (κ1) is 19.6. The van der Waals surface area contributed by atoms with Crippen molar-refractivity contribution in [1.29, 1.82) is 0 Å². The Hall–Kier alpha value is -1.77. The van der Waals surface area contributed by atoms with Gasteiger partial charge in [0.1, 0.15) is 6.61 Å². The van der Waals surface area contributed by atoms with E-state index in [9.17, 15) is 8.60 Å². The van der Waals surface area contributed by atoms with Crippen LogP contribution in [-0.4, -0.2) is 30.7 Å². The highest BCUT2D eigenvalue weighted by atomic mass is 79.9. The van der Waals surface area contributed by atoms with Crippen molar-refractivity contribution < 1.29 is 18.1 Å². The van der Waals surface area contributed by atoms with E-state index in [-0.39, 0.29) is 12.4 Å². The van der Waals surface area contributed by atoms with E-state index >= 15 is 0 Å². The third-order valence-electron chi connectivity index (χ3n) is 3.17. The van der Waals surface area contributed by atoms with Crippen LogP contribution < -0.4 is 9.57 Å². The predicted molar refractivity (Wildman–Crippen MR) is 99.8 cm³/mol. The smallest absolute Gasteiger partial charge is 0.166 e. The number of halogens is 2. The number of benzene rings is 2. The van der Waals surface area contributed by atoms with E-state index in [0.717, 1.165) is 5.56 Å². The lowest BCUT2D eigenvalue weighted by molar-refractivity contribution is 0.144. The lowest BCUT2D eigenvalue weighted by Gasteiger charge is -2.08. The van der Waals surface area contributed by atoms with Gasteiger partial charge < -0.3 is 9.47 Å². The second-order valence-electron chi connectivity index (χ2n) is 5.08. The minimum atomic E-state index is -1.48. The highest BCUT2D eigenvalue weighted by Gasteiger charge is 2.09. The molecule has 2 aromatic carbocycles. The van der Waals surface area contributed by atoms with E-state index in [1.807, 2.05) is 19.1 Å². The van der Waals surface area contributed by atoms with Gasteiger partial charge in [-0.25, -0.2) is 13.4 Å². The number of nitrogens with zero attached hydrogens (tertiary/aromatic N) is 1. The van der Waals surface area contributed by atoms with Crippen molar-refractivity contribution in [3.63, 3.8) is 0 Å². The van der Waals surface area contributed by atoms with Crippen LogP contribution in [0.2, 0.25) is 0 Å². The van der Waals surface area contributed by atoms with Crippen LogP contribution in [0, 0.1) is 12.7 Å². The molecular weight excluding hydrogens is 411 g/mol. The molecule has 0 radical (unpaired) electrons. The summed E-state index contributed by atoms with van der Waals surface area (Å²) < 4.78 is 36.8. The lowest BCUT2D eigenvalue weighted by Crippen LogP contribution is -2.10. The summed E-state index contributed by atoms with van der Waals surface area (Å²) in [5, 5.41) is 3.91. The average molecular weight is 429 g/mol. The summed E-state index contributed by atoms with van der Waals surface area (Å²) in [4.78, 5) is 3.13. The van der Waals surface area contributed by atoms with E-state index < -0.39 is 16.8 Å². The van der Waals surface area contributed by atoms with Crippen LogP contribution in [0.25, 0.3) is 0 Å². The Bertz CT molecular complexity index is 769. The summed E-state index contributed by atoms with van der Waals surface area (Å²) in [5.74, 6) is -0.391. The van der Waals surface area contributed by atoms with E-state index in [1.54, 1.807) is 19.2 Å². The fourth-order valence-electron chi connectivity index (χ4n) is 1.85. The third kappa shape index (κ3) is 5.91. The summed E-state index contributed by atoms with van der Waals surface area (Å²) in [6.07, 6.45) is 1.39. The number of nitrogens with one attached hydrogen (secondary N) is 1. The largest absolute Gasteiger partial charge is 0.488 e. The number of rotatable bonds is 8. The van der Waals surface area contributed by atoms with Gasteiger partial charge in [-0.2, -0.15) is 5.10 Å². The second kappa shape index (κ2) is 9.65. The van der Waals surface area contributed by atoms with E-state index in [2.05, 4.69) is 25.9 Å². The Balaban J connectivity index is 2.01. The SMILES string of the molecule is COCCOc1cc(Br)c(/C=N/NS(=O)c2ccc(C)cc2)cc1F. The van der Waals surface area contributed by atoms with Gasteiger partial charge in [-0.05, 0) is 47.1 Å². The molecule has 0 aliphatic heterocycles. The van der Waals surface area contributed by atoms with E-state index in [1.165, 1.54) is 18.3 Å². The van der Waals surface area contributed by atoms with Gasteiger partial charge in [0, 0.05) is 17.1 Å². The van der Waals surface area contributed by atoms with E-state index in [4.69, 9.17) is 9.47 Å². The number of hydrogen-bond acceptors (Lipinski definition) is 4. The molecule has 2 aromatic rings. The molecule has 0 saturated carbocycles. The molecule has 0 spiro atoms. The maximum absolute atomic E-state index is 14.0. The Morgan fingerprint density at radius 3 is 2.68 bits per heavy atom. The first-order valence-corrected chi connectivity index (χ1v) is 9.33. The molecule has 0 aromatic heterocycles. The molecule has 0 fully saturated rings. The van der Waals surface area contributed by atoms with Crippen LogP contribution in [-0.2, 0) is 15.7 Å². The predicted octanol–water partition coefficient (Wildman–Crippen LogP) is 3.57. The number of hydrogen-bond donors (Lipinski definition) is 1. The van der Waals surface area contributed by atoms with Crippen LogP contribution >= 0.6 is 15.9 Å². The maximum Gasteiger partial charge on any atom is 0.166 e. The summed E-state index contributed by atoms with van der Waals surface area (Å²) in [7, 11) is 0.0617. The molecular formula is C17H18BrFN2O3S. The van der Waals surface area contributed by atoms with Crippen molar-refractivity contribution >= 4 is 33.1 Å². The summed E-state index contributed by atoms with van der Waals surface area (Å²) >= 11 is 3.34. The summed E-state index contributed by atoms with van der Waals surface area (Å²) in [6.45, 7) is 2.58. The maximum atomic E-state index is 14.0. The van der Waals surface area contributed by atoms with Crippen molar-refractivity contribution in [3.8, 4) is 5.75 Å². The highest BCUT2D eigenvalue weighted by molar-refractivity contribution is 9.10. The van der Waals surface area contributed by atoms with Gasteiger partial charge >= 0.3 is 0 Å². The molecule has 134 valence electrons. The first-order chi connectivity index (χ1) is 12.0. The van der Waals surface area contributed by atoms with Crippen molar-refractivity contribution in [2.75, 3.05) is 20.3 Å². The number of hydrazone groups is 1. The number of ether oxygens (including phenoxy) is 2. The van der Waals surface area contributed by atoms with Crippen LogP contribution in [0.15, 0.2) is 50.9 Å². The normalized spacial score (nSPS) is 12.3. The van der Waals surface area contributed by atoms with Crippen LogP contribution in [0.3, 0.4) is 0 Å². The van der Waals surface area contributed by atoms with Crippen LogP contribution in [0.4, 0.5) is 4.39 Å². The Labute approximate surface area is 156 Å². The highest BCUT2D eigenvalue weighted by Crippen LogP contribution is 2.25. The van der Waals surface area contributed by atoms with Gasteiger partial charge in [-0.1, -0.05) is 17.7 Å². The monoisotopic (exact) mass is 428 g/mol. The van der Waals surface area contributed by atoms with E-state index in [0.29, 0.717) is 21.5 Å². The zero-order chi connectivity index (χ0) is 18.2. The molecule has 0 saturated heterocycles. The average Bonchev–Trinajstić information content (AvgIpc) is 2.59. The second-order valence-corrected chi connectivity index (χ2v) is 7.12. The molecule has 1 atom stereocenters. The van der Waals surface area contributed by atoms with Crippen LogP contribution in [0.1, 0.15) is 11.1 Å². The Morgan fingerprint density at radius 2 is 2.00 bits per heavy atom. The molecule has 1 N–H and O–H groups in total. The quantitative estimate of drug-likeness (QED) is 0.397. The van der Waals surface area contributed by atoms with Gasteiger partial charge in [-0.15, -0.1) is 0 Å². The Kier molecular flexibility index (Phi) is 7.54. The van der Waals surface area contributed by atoms with Crippen molar-refractivity contribution in [2.45, 2.75) is 11.8 Å². The van der Waals surface area contributed by atoms with Crippen molar-refractivity contribution in [2.24, 2.45) is 5.10 Å². The topological polar surface area (TPSA) is 59.9 Å². The van der Waals surface area contributed by atoms with Gasteiger partial charge in [-0.3, -0.25) is 0 Å². The zero-order valence-electron chi connectivity index (χ0n) is 13.8. The van der Waals surface area contributed by atoms with Gasteiger partial charge in [0.15, 0.2) is 22.6 Å². The first-order valence-electron chi connectivity index (χ1n) is 7.39. The Morgan fingerprint density at radius 1 is 1.28 bits per heavy atom. The van der Waals surface area contributed by atoms with Crippen molar-refractivity contribution in [1.82, 2.24) is 4.83 Å². The fourth-order valence-corrected chi connectivity index (χ4v) is 2.91. The summed E-state index contributed by atoms with van der Waals surface area (Å²) in [6, 6.07) is 10.1. The van der Waals surface area contributed by atoms with Gasteiger partial charge in [0.25, 0.3) is 0 Å².